The van der Waals surface area contributed by atoms with Gasteiger partial charge in [-0.15, -0.1) is 11.8 Å². The molecule has 0 aromatic heterocycles. The molecular formula is C17H19NOS. The maximum atomic E-state index is 12.4. The van der Waals surface area contributed by atoms with E-state index in [1.165, 1.54) is 0 Å². The molecule has 3 heteroatoms. The maximum absolute atomic E-state index is 12.4. The minimum Gasteiger partial charge on any atom is -0.353 e. The number of thioether (sulfide) groups is 1. The molecular weight excluding hydrogens is 266 g/mol. The molecule has 0 aliphatic carbocycles. The van der Waals surface area contributed by atoms with Crippen molar-refractivity contribution in [3.63, 3.8) is 0 Å². The Kier molecular flexibility index (Phi) is 5.24. The number of nitrogens with one attached hydrogen (secondary N) is 1. The molecule has 2 aromatic carbocycles. The van der Waals surface area contributed by atoms with Crippen LogP contribution in [-0.4, -0.2) is 11.9 Å². The van der Waals surface area contributed by atoms with E-state index in [9.17, 15) is 4.79 Å². The Labute approximate surface area is 124 Å². The lowest BCUT2D eigenvalue weighted by Crippen LogP contribution is -2.33. The van der Waals surface area contributed by atoms with Gasteiger partial charge in [-0.1, -0.05) is 48.5 Å². The Balaban J connectivity index is 2.23. The highest BCUT2D eigenvalue weighted by atomic mass is 32.2. The normalized spacial score (nSPS) is 12.2. The Morgan fingerprint density at radius 1 is 0.950 bits per heavy atom. The average molecular weight is 285 g/mol. The van der Waals surface area contributed by atoms with Gasteiger partial charge in [-0.2, -0.15) is 0 Å². The molecule has 1 atom stereocenters. The second-order valence-electron chi connectivity index (χ2n) is 4.88. The summed E-state index contributed by atoms with van der Waals surface area (Å²) in [5.74, 6) is 0.0556. The number of benzene rings is 2. The third-order valence-corrected chi connectivity index (χ3v) is 4.03. The SMILES string of the molecule is CC(C)NC(=O)[C@@H](Sc1ccccc1)c1ccccc1. The van der Waals surface area contributed by atoms with Crippen molar-refractivity contribution < 1.29 is 4.79 Å². The third kappa shape index (κ3) is 4.14. The summed E-state index contributed by atoms with van der Waals surface area (Å²) in [6, 6.07) is 20.1. The van der Waals surface area contributed by atoms with E-state index >= 15 is 0 Å². The van der Waals surface area contributed by atoms with Crippen LogP contribution in [0.15, 0.2) is 65.6 Å². The predicted octanol–water partition coefficient (Wildman–Crippen LogP) is 4.04. The topological polar surface area (TPSA) is 29.1 Å². The van der Waals surface area contributed by atoms with E-state index < -0.39 is 0 Å². The molecule has 0 saturated heterocycles. The number of carbonyl (C=O) groups excluding carboxylic acids is 1. The second-order valence-corrected chi connectivity index (χ2v) is 6.06. The van der Waals surface area contributed by atoms with E-state index in [0.29, 0.717) is 0 Å². The summed E-state index contributed by atoms with van der Waals surface area (Å²) < 4.78 is 0. The molecule has 2 rings (SSSR count). The highest BCUT2D eigenvalue weighted by molar-refractivity contribution is 8.00. The molecule has 104 valence electrons. The van der Waals surface area contributed by atoms with Crippen molar-refractivity contribution in [3.05, 3.63) is 66.2 Å². The molecule has 0 heterocycles. The van der Waals surface area contributed by atoms with Crippen LogP contribution in [0.4, 0.5) is 0 Å². The summed E-state index contributed by atoms with van der Waals surface area (Å²) in [5.41, 5.74) is 1.03. The highest BCUT2D eigenvalue weighted by Crippen LogP contribution is 2.35. The van der Waals surface area contributed by atoms with Gasteiger partial charge in [0.25, 0.3) is 0 Å². The zero-order chi connectivity index (χ0) is 14.4. The first kappa shape index (κ1) is 14.7. The van der Waals surface area contributed by atoms with Crippen molar-refractivity contribution in [1.82, 2.24) is 5.32 Å². The van der Waals surface area contributed by atoms with Crippen LogP contribution < -0.4 is 5.32 Å². The molecule has 0 aliphatic heterocycles. The van der Waals surface area contributed by atoms with Gasteiger partial charge in [-0.05, 0) is 31.5 Å². The lowest BCUT2D eigenvalue weighted by Gasteiger charge is -2.18. The van der Waals surface area contributed by atoms with Crippen LogP contribution in [0, 0.1) is 0 Å². The summed E-state index contributed by atoms with van der Waals surface area (Å²) in [4.78, 5) is 13.5. The van der Waals surface area contributed by atoms with Gasteiger partial charge < -0.3 is 5.32 Å². The Bertz CT molecular complexity index is 539. The molecule has 2 aromatic rings. The number of hydrogen-bond acceptors (Lipinski definition) is 2. The van der Waals surface area contributed by atoms with Crippen molar-refractivity contribution >= 4 is 17.7 Å². The van der Waals surface area contributed by atoms with Crippen LogP contribution in [0.3, 0.4) is 0 Å². The first-order valence-electron chi connectivity index (χ1n) is 6.74. The largest absolute Gasteiger partial charge is 0.353 e. The summed E-state index contributed by atoms with van der Waals surface area (Å²) in [5, 5.41) is 2.78. The van der Waals surface area contributed by atoms with Gasteiger partial charge in [0, 0.05) is 10.9 Å². The maximum Gasteiger partial charge on any atom is 0.238 e. The van der Waals surface area contributed by atoms with Crippen molar-refractivity contribution in [1.29, 1.82) is 0 Å². The van der Waals surface area contributed by atoms with Crippen molar-refractivity contribution in [2.24, 2.45) is 0 Å². The third-order valence-electron chi connectivity index (χ3n) is 2.77. The molecule has 0 bridgehead atoms. The zero-order valence-electron chi connectivity index (χ0n) is 11.7. The monoisotopic (exact) mass is 285 g/mol. The average Bonchev–Trinajstić information content (AvgIpc) is 2.46. The van der Waals surface area contributed by atoms with E-state index in [1.54, 1.807) is 11.8 Å². The van der Waals surface area contributed by atoms with Gasteiger partial charge >= 0.3 is 0 Å². The van der Waals surface area contributed by atoms with Gasteiger partial charge in [0.15, 0.2) is 0 Å². The summed E-state index contributed by atoms with van der Waals surface area (Å²) in [6.45, 7) is 3.96. The summed E-state index contributed by atoms with van der Waals surface area (Å²) >= 11 is 1.58. The van der Waals surface area contributed by atoms with E-state index in [2.05, 4.69) is 5.32 Å². The van der Waals surface area contributed by atoms with E-state index in [0.717, 1.165) is 10.5 Å². The first-order chi connectivity index (χ1) is 9.66. The smallest absolute Gasteiger partial charge is 0.238 e. The molecule has 0 aliphatic rings. The standard InChI is InChI=1S/C17H19NOS/c1-13(2)18-17(19)16(14-9-5-3-6-10-14)20-15-11-7-4-8-12-15/h3-13,16H,1-2H3,(H,18,19)/t16-/m0/s1. The molecule has 0 saturated carbocycles. The van der Waals surface area contributed by atoms with E-state index in [1.807, 2.05) is 74.5 Å². The fourth-order valence-corrected chi connectivity index (χ4v) is 2.95. The van der Waals surface area contributed by atoms with Crippen LogP contribution in [0.5, 0.6) is 0 Å². The summed E-state index contributed by atoms with van der Waals surface area (Å²) in [7, 11) is 0. The number of amides is 1. The van der Waals surface area contributed by atoms with Crippen molar-refractivity contribution in [2.45, 2.75) is 30.0 Å². The van der Waals surface area contributed by atoms with Gasteiger partial charge in [-0.25, -0.2) is 0 Å². The van der Waals surface area contributed by atoms with Gasteiger partial charge in [0.1, 0.15) is 5.25 Å². The van der Waals surface area contributed by atoms with E-state index in [4.69, 9.17) is 0 Å². The number of hydrogen-bond donors (Lipinski definition) is 1. The lowest BCUT2D eigenvalue weighted by molar-refractivity contribution is -0.121. The quantitative estimate of drug-likeness (QED) is 0.840. The highest BCUT2D eigenvalue weighted by Gasteiger charge is 2.22. The molecule has 20 heavy (non-hydrogen) atoms. The molecule has 2 nitrogen and oxygen atoms in total. The Morgan fingerprint density at radius 3 is 2.05 bits per heavy atom. The van der Waals surface area contributed by atoms with Crippen molar-refractivity contribution in [2.75, 3.05) is 0 Å². The first-order valence-corrected chi connectivity index (χ1v) is 7.62. The van der Waals surface area contributed by atoms with Gasteiger partial charge in [0.2, 0.25) is 5.91 Å². The van der Waals surface area contributed by atoms with Crippen LogP contribution in [0.2, 0.25) is 0 Å². The Morgan fingerprint density at radius 2 is 1.50 bits per heavy atom. The lowest BCUT2D eigenvalue weighted by atomic mass is 10.1. The number of rotatable bonds is 5. The minimum absolute atomic E-state index is 0.0556. The molecule has 0 unspecified atom stereocenters. The van der Waals surface area contributed by atoms with Crippen LogP contribution in [0.25, 0.3) is 0 Å². The zero-order valence-corrected chi connectivity index (χ0v) is 12.6. The van der Waals surface area contributed by atoms with Crippen LogP contribution in [0.1, 0.15) is 24.7 Å². The van der Waals surface area contributed by atoms with Gasteiger partial charge in [-0.3, -0.25) is 4.79 Å². The van der Waals surface area contributed by atoms with E-state index in [-0.39, 0.29) is 17.2 Å². The van der Waals surface area contributed by atoms with Crippen LogP contribution >= 0.6 is 11.8 Å². The predicted molar refractivity (Wildman–Crippen MR) is 84.8 cm³/mol. The molecule has 1 amide bonds. The number of carbonyl (C=O) groups is 1. The molecule has 0 fully saturated rings. The van der Waals surface area contributed by atoms with Gasteiger partial charge in [0.05, 0.1) is 0 Å². The van der Waals surface area contributed by atoms with Crippen molar-refractivity contribution in [3.8, 4) is 0 Å². The fraction of sp³-hybridized carbons (Fsp3) is 0.235. The fourth-order valence-electron chi connectivity index (χ4n) is 1.90. The van der Waals surface area contributed by atoms with Crippen LogP contribution in [-0.2, 0) is 4.79 Å². The minimum atomic E-state index is -0.221. The molecule has 0 radical (unpaired) electrons. The molecule has 0 spiro atoms. The molecule has 1 N–H and O–H groups in total. The summed E-state index contributed by atoms with van der Waals surface area (Å²) in [6.07, 6.45) is 0. The Hall–Kier alpha value is -1.74. The second kappa shape index (κ2) is 7.15.